The second-order valence-electron chi connectivity index (χ2n) is 5.73. The Bertz CT molecular complexity index is 733. The third kappa shape index (κ3) is 5.40. The zero-order valence-corrected chi connectivity index (χ0v) is 14.5. The van der Waals surface area contributed by atoms with Crippen molar-refractivity contribution in [2.75, 3.05) is 20.7 Å². The fourth-order valence-electron chi connectivity index (χ4n) is 2.34. The summed E-state index contributed by atoms with van der Waals surface area (Å²) in [6.45, 7) is 0.324. The van der Waals surface area contributed by atoms with Crippen LogP contribution in [0.3, 0.4) is 0 Å². The van der Waals surface area contributed by atoms with Crippen LogP contribution in [0.2, 0.25) is 0 Å². The Labute approximate surface area is 150 Å². The van der Waals surface area contributed by atoms with Crippen molar-refractivity contribution in [1.29, 1.82) is 0 Å². The van der Waals surface area contributed by atoms with Crippen LogP contribution in [0.1, 0.15) is 11.1 Å². The number of nitrogens with zero attached hydrogens (tertiary/aromatic N) is 1. The molecule has 0 fully saturated rings. The number of ether oxygens (including phenoxy) is 2. The lowest BCUT2D eigenvalue weighted by Crippen LogP contribution is -2.39. The van der Waals surface area contributed by atoms with E-state index in [4.69, 9.17) is 9.47 Å². The van der Waals surface area contributed by atoms with E-state index in [1.54, 1.807) is 18.2 Å². The van der Waals surface area contributed by atoms with Crippen molar-refractivity contribution in [1.82, 2.24) is 4.90 Å². The standard InChI is InChI=1S/C19H20F3NO3/c1-23(18(24)19(20,21)22)11-10-14-8-9-16(17(12-14)25-2)26-13-15-6-4-3-5-7-15/h3-9,12H,10-11,13H2,1-2H3. The number of amides is 1. The molecular weight excluding hydrogens is 347 g/mol. The second kappa shape index (κ2) is 8.60. The lowest BCUT2D eigenvalue weighted by atomic mass is 10.1. The summed E-state index contributed by atoms with van der Waals surface area (Å²) in [4.78, 5) is 11.8. The molecular formula is C19H20F3NO3. The molecule has 4 nitrogen and oxygen atoms in total. The molecule has 0 spiro atoms. The Morgan fingerprint density at radius 3 is 2.35 bits per heavy atom. The Morgan fingerprint density at radius 2 is 1.73 bits per heavy atom. The van der Waals surface area contributed by atoms with Gasteiger partial charge in [-0.3, -0.25) is 4.79 Å². The maximum absolute atomic E-state index is 12.4. The van der Waals surface area contributed by atoms with Crippen LogP contribution in [0.25, 0.3) is 0 Å². The molecule has 0 unspecified atom stereocenters. The summed E-state index contributed by atoms with van der Waals surface area (Å²) in [6, 6.07) is 14.8. The maximum atomic E-state index is 12.4. The Hall–Kier alpha value is -2.70. The molecule has 0 heterocycles. The summed E-state index contributed by atoms with van der Waals surface area (Å²) in [7, 11) is 2.62. The molecule has 26 heavy (non-hydrogen) atoms. The number of hydrogen-bond donors (Lipinski definition) is 0. The number of methoxy groups -OCH3 is 1. The molecule has 0 atom stereocenters. The van der Waals surface area contributed by atoms with Crippen molar-refractivity contribution in [3.05, 3.63) is 59.7 Å². The number of halogens is 3. The molecule has 0 aliphatic carbocycles. The van der Waals surface area contributed by atoms with Gasteiger partial charge in [0, 0.05) is 13.6 Å². The van der Waals surface area contributed by atoms with E-state index in [-0.39, 0.29) is 13.0 Å². The highest BCUT2D eigenvalue weighted by Crippen LogP contribution is 2.29. The number of benzene rings is 2. The predicted molar refractivity (Wildman–Crippen MR) is 91.2 cm³/mol. The molecule has 1 amide bonds. The highest BCUT2D eigenvalue weighted by molar-refractivity contribution is 5.81. The normalized spacial score (nSPS) is 11.1. The van der Waals surface area contributed by atoms with Crippen molar-refractivity contribution < 1.29 is 27.4 Å². The van der Waals surface area contributed by atoms with Gasteiger partial charge in [-0.2, -0.15) is 13.2 Å². The van der Waals surface area contributed by atoms with Crippen molar-refractivity contribution in [3.8, 4) is 11.5 Å². The molecule has 0 saturated heterocycles. The highest BCUT2D eigenvalue weighted by atomic mass is 19.4. The second-order valence-corrected chi connectivity index (χ2v) is 5.73. The molecule has 0 saturated carbocycles. The van der Waals surface area contributed by atoms with E-state index in [2.05, 4.69) is 0 Å². The van der Waals surface area contributed by atoms with Gasteiger partial charge in [-0.1, -0.05) is 36.4 Å². The van der Waals surface area contributed by atoms with Crippen molar-refractivity contribution in [3.63, 3.8) is 0 Å². The number of alkyl halides is 3. The first-order chi connectivity index (χ1) is 12.3. The van der Waals surface area contributed by atoms with Crippen molar-refractivity contribution in [2.24, 2.45) is 0 Å². The van der Waals surface area contributed by atoms with Crippen LogP contribution in [0.5, 0.6) is 11.5 Å². The fraction of sp³-hybridized carbons (Fsp3) is 0.316. The van der Waals surface area contributed by atoms with Crippen molar-refractivity contribution >= 4 is 5.91 Å². The summed E-state index contributed by atoms with van der Waals surface area (Å²) >= 11 is 0. The maximum Gasteiger partial charge on any atom is 0.471 e. The third-order valence-electron chi connectivity index (χ3n) is 3.79. The third-order valence-corrected chi connectivity index (χ3v) is 3.79. The summed E-state index contributed by atoms with van der Waals surface area (Å²) in [5.41, 5.74) is 1.75. The molecule has 140 valence electrons. The van der Waals surface area contributed by atoms with Crippen LogP contribution >= 0.6 is 0 Å². The Balaban J connectivity index is 1.98. The number of carbonyl (C=O) groups is 1. The van der Waals surface area contributed by atoms with Gasteiger partial charge in [0.1, 0.15) is 6.61 Å². The number of rotatable bonds is 7. The minimum atomic E-state index is -4.86. The largest absolute Gasteiger partial charge is 0.493 e. The summed E-state index contributed by atoms with van der Waals surface area (Å²) in [5.74, 6) is -0.824. The van der Waals surface area contributed by atoms with Gasteiger partial charge in [0.15, 0.2) is 11.5 Å². The van der Waals surface area contributed by atoms with E-state index in [1.165, 1.54) is 7.11 Å². The van der Waals surface area contributed by atoms with Gasteiger partial charge in [0.2, 0.25) is 0 Å². The molecule has 2 aromatic carbocycles. The molecule has 2 rings (SSSR count). The molecule has 2 aromatic rings. The van der Waals surface area contributed by atoms with E-state index in [0.717, 1.165) is 18.2 Å². The van der Waals surface area contributed by atoms with E-state index in [1.807, 2.05) is 30.3 Å². The van der Waals surface area contributed by atoms with Gasteiger partial charge in [-0.15, -0.1) is 0 Å². The minimum absolute atomic E-state index is 0.0499. The Morgan fingerprint density at radius 1 is 1.04 bits per heavy atom. The van der Waals surface area contributed by atoms with Gasteiger partial charge < -0.3 is 14.4 Å². The van der Waals surface area contributed by atoms with E-state index in [0.29, 0.717) is 23.0 Å². The van der Waals surface area contributed by atoms with Crippen LogP contribution < -0.4 is 9.47 Å². The van der Waals surface area contributed by atoms with Crippen LogP contribution in [0.15, 0.2) is 48.5 Å². The van der Waals surface area contributed by atoms with Crippen molar-refractivity contribution in [2.45, 2.75) is 19.2 Å². The minimum Gasteiger partial charge on any atom is -0.493 e. The molecule has 0 N–H and O–H groups in total. The van der Waals surface area contributed by atoms with Gasteiger partial charge in [0.25, 0.3) is 0 Å². The summed E-state index contributed by atoms with van der Waals surface area (Å²) in [6.07, 6.45) is -4.59. The smallest absolute Gasteiger partial charge is 0.471 e. The highest BCUT2D eigenvalue weighted by Gasteiger charge is 2.40. The number of carbonyl (C=O) groups excluding carboxylic acids is 1. The topological polar surface area (TPSA) is 38.8 Å². The lowest BCUT2D eigenvalue weighted by molar-refractivity contribution is -0.184. The molecule has 7 heteroatoms. The van der Waals surface area contributed by atoms with Crippen LogP contribution in [-0.2, 0) is 17.8 Å². The van der Waals surface area contributed by atoms with Crippen LogP contribution in [0, 0.1) is 0 Å². The summed E-state index contributed by atoms with van der Waals surface area (Å²) < 4.78 is 48.2. The first-order valence-corrected chi connectivity index (χ1v) is 7.97. The monoisotopic (exact) mass is 367 g/mol. The Kier molecular flexibility index (Phi) is 6.49. The average Bonchev–Trinajstić information content (AvgIpc) is 2.64. The van der Waals surface area contributed by atoms with Gasteiger partial charge in [-0.05, 0) is 29.7 Å². The van der Waals surface area contributed by atoms with Crippen LogP contribution in [0.4, 0.5) is 13.2 Å². The average molecular weight is 367 g/mol. The molecule has 0 aliphatic rings. The zero-order valence-electron chi connectivity index (χ0n) is 14.5. The molecule has 0 bridgehead atoms. The van der Waals surface area contributed by atoms with E-state index >= 15 is 0 Å². The predicted octanol–water partition coefficient (Wildman–Crippen LogP) is 3.84. The zero-order chi connectivity index (χ0) is 19.2. The van der Waals surface area contributed by atoms with E-state index in [9.17, 15) is 18.0 Å². The first kappa shape index (κ1) is 19.6. The van der Waals surface area contributed by atoms with Gasteiger partial charge in [0.05, 0.1) is 7.11 Å². The summed E-state index contributed by atoms with van der Waals surface area (Å²) in [5, 5.41) is 0. The van der Waals surface area contributed by atoms with Gasteiger partial charge in [-0.25, -0.2) is 0 Å². The first-order valence-electron chi connectivity index (χ1n) is 7.97. The number of hydrogen-bond acceptors (Lipinski definition) is 3. The SMILES string of the molecule is COc1cc(CCN(C)C(=O)C(F)(F)F)ccc1OCc1ccccc1. The number of likely N-dealkylation sites (N-methyl/N-ethyl adjacent to an activating group) is 1. The van der Waals surface area contributed by atoms with E-state index < -0.39 is 12.1 Å². The van der Waals surface area contributed by atoms with Crippen LogP contribution in [-0.4, -0.2) is 37.7 Å². The lowest BCUT2D eigenvalue weighted by Gasteiger charge is -2.19. The molecule has 0 aromatic heterocycles. The quantitative estimate of drug-likeness (QED) is 0.746. The van der Waals surface area contributed by atoms with Gasteiger partial charge >= 0.3 is 12.1 Å². The molecule has 0 aliphatic heterocycles. The molecule has 0 radical (unpaired) electrons. The fourth-order valence-corrected chi connectivity index (χ4v) is 2.34.